The summed E-state index contributed by atoms with van der Waals surface area (Å²) in [5, 5.41) is 11.1. The van der Waals surface area contributed by atoms with Gasteiger partial charge in [-0.05, 0) is 38.8 Å². The van der Waals surface area contributed by atoms with Gasteiger partial charge in [0.1, 0.15) is 5.82 Å². The van der Waals surface area contributed by atoms with Gasteiger partial charge in [-0.15, -0.1) is 0 Å². The summed E-state index contributed by atoms with van der Waals surface area (Å²) in [6.07, 6.45) is 3.67. The number of aromatic nitrogens is 4. The smallest absolute Gasteiger partial charge is 0.170 e. The zero-order valence-corrected chi connectivity index (χ0v) is 15.1. The summed E-state index contributed by atoms with van der Waals surface area (Å²) in [6, 6.07) is 6.25. The van der Waals surface area contributed by atoms with Crippen LogP contribution < -0.4 is 5.32 Å². The zero-order valence-electron chi connectivity index (χ0n) is 15.1. The highest BCUT2D eigenvalue weighted by Gasteiger charge is 2.34. The molecule has 1 aliphatic rings. The van der Waals surface area contributed by atoms with Crippen LogP contribution >= 0.6 is 0 Å². The Morgan fingerprint density at radius 3 is 2.76 bits per heavy atom. The summed E-state index contributed by atoms with van der Waals surface area (Å²) < 4.78 is 16.8. The summed E-state index contributed by atoms with van der Waals surface area (Å²) >= 11 is 0. The summed E-state index contributed by atoms with van der Waals surface area (Å²) in [7, 11) is 0. The third-order valence-electron chi connectivity index (χ3n) is 4.75. The van der Waals surface area contributed by atoms with E-state index in [1.165, 1.54) is 0 Å². The van der Waals surface area contributed by atoms with Gasteiger partial charge in [0.2, 0.25) is 0 Å². The quantitative estimate of drug-likeness (QED) is 0.737. The fourth-order valence-electron chi connectivity index (χ4n) is 3.61. The SMILES string of the molecule is CC(C)NC(C)(C)c1cccc(-n2c(C3CC3)c(F)c3c[nH]nc32)n1. The molecule has 0 bridgehead atoms. The van der Waals surface area contributed by atoms with Crippen molar-refractivity contribution in [1.29, 1.82) is 0 Å². The Morgan fingerprint density at radius 2 is 2.08 bits per heavy atom. The van der Waals surface area contributed by atoms with Crippen LogP contribution in [0.2, 0.25) is 0 Å². The first-order chi connectivity index (χ1) is 11.9. The Balaban J connectivity index is 1.86. The molecule has 1 saturated carbocycles. The van der Waals surface area contributed by atoms with Gasteiger partial charge in [0.15, 0.2) is 11.5 Å². The van der Waals surface area contributed by atoms with Crippen molar-refractivity contribution in [3.05, 3.63) is 41.6 Å². The molecule has 3 aromatic rings. The van der Waals surface area contributed by atoms with Crippen LogP contribution in [0, 0.1) is 5.82 Å². The molecule has 6 heteroatoms. The molecule has 0 amide bonds. The van der Waals surface area contributed by atoms with Crippen LogP contribution in [0.15, 0.2) is 24.4 Å². The van der Waals surface area contributed by atoms with Crippen molar-refractivity contribution < 1.29 is 4.39 Å². The summed E-state index contributed by atoms with van der Waals surface area (Å²) in [5.74, 6) is 0.818. The van der Waals surface area contributed by atoms with E-state index in [1.54, 1.807) is 6.20 Å². The number of H-pyrrole nitrogens is 1. The van der Waals surface area contributed by atoms with Gasteiger partial charge in [-0.25, -0.2) is 9.37 Å². The van der Waals surface area contributed by atoms with Gasteiger partial charge in [-0.3, -0.25) is 9.67 Å². The van der Waals surface area contributed by atoms with E-state index in [1.807, 2.05) is 22.8 Å². The number of rotatable bonds is 5. The molecule has 0 unspecified atom stereocenters. The standard InChI is InChI=1S/C19H24FN5/c1-11(2)23-19(3,4)14-6-5-7-15(22-14)25-17(12-8-9-12)16(20)13-10-21-24-18(13)25/h5-7,10-12,23H,8-9H2,1-4H3,(H,21,24). The molecule has 0 aromatic carbocycles. The molecule has 1 fully saturated rings. The second-order valence-electron chi connectivity index (χ2n) is 7.74. The zero-order chi connectivity index (χ0) is 17.8. The molecule has 0 aliphatic heterocycles. The lowest BCUT2D eigenvalue weighted by Gasteiger charge is -2.28. The van der Waals surface area contributed by atoms with Gasteiger partial charge >= 0.3 is 0 Å². The van der Waals surface area contributed by atoms with E-state index in [2.05, 4.69) is 43.2 Å². The number of fused-ring (bicyclic) bond motifs is 1. The van der Waals surface area contributed by atoms with Crippen molar-refractivity contribution in [2.75, 3.05) is 0 Å². The monoisotopic (exact) mass is 341 g/mol. The molecular formula is C19H24FN5. The lowest BCUT2D eigenvalue weighted by Crippen LogP contribution is -2.41. The molecule has 4 rings (SSSR count). The van der Waals surface area contributed by atoms with Crippen LogP contribution in [0.1, 0.15) is 57.8 Å². The fraction of sp³-hybridized carbons (Fsp3) is 0.474. The minimum absolute atomic E-state index is 0.169. The maximum absolute atomic E-state index is 14.9. The normalized spacial score (nSPS) is 15.4. The lowest BCUT2D eigenvalue weighted by atomic mass is 9.99. The van der Waals surface area contributed by atoms with Crippen LogP contribution in [-0.2, 0) is 5.54 Å². The predicted molar refractivity (Wildman–Crippen MR) is 96.4 cm³/mol. The van der Waals surface area contributed by atoms with Crippen molar-refractivity contribution in [3.63, 3.8) is 0 Å². The Morgan fingerprint density at radius 1 is 1.32 bits per heavy atom. The lowest BCUT2D eigenvalue weighted by molar-refractivity contribution is 0.356. The van der Waals surface area contributed by atoms with E-state index in [0.29, 0.717) is 22.8 Å². The molecule has 25 heavy (non-hydrogen) atoms. The molecule has 2 N–H and O–H groups in total. The van der Waals surface area contributed by atoms with Gasteiger partial charge in [0.05, 0.1) is 22.3 Å². The maximum Gasteiger partial charge on any atom is 0.170 e. The number of hydrogen-bond acceptors (Lipinski definition) is 3. The number of hydrogen-bond donors (Lipinski definition) is 2. The fourth-order valence-corrected chi connectivity index (χ4v) is 3.61. The molecule has 0 saturated heterocycles. The highest BCUT2D eigenvalue weighted by molar-refractivity contribution is 5.80. The highest BCUT2D eigenvalue weighted by atomic mass is 19.1. The largest absolute Gasteiger partial charge is 0.304 e. The summed E-state index contributed by atoms with van der Waals surface area (Å²) in [5.41, 5.74) is 1.98. The molecule has 0 atom stereocenters. The summed E-state index contributed by atoms with van der Waals surface area (Å²) in [4.78, 5) is 4.86. The van der Waals surface area contributed by atoms with Crippen LogP contribution in [0.5, 0.6) is 0 Å². The third-order valence-corrected chi connectivity index (χ3v) is 4.75. The van der Waals surface area contributed by atoms with Crippen LogP contribution in [0.3, 0.4) is 0 Å². The minimum atomic E-state index is -0.277. The molecule has 3 heterocycles. The van der Waals surface area contributed by atoms with Crippen LogP contribution in [-0.4, -0.2) is 25.8 Å². The van der Waals surface area contributed by atoms with Crippen molar-refractivity contribution >= 4 is 11.0 Å². The minimum Gasteiger partial charge on any atom is -0.304 e. The number of nitrogens with zero attached hydrogens (tertiary/aromatic N) is 3. The van der Waals surface area contributed by atoms with E-state index in [-0.39, 0.29) is 17.3 Å². The van der Waals surface area contributed by atoms with Crippen molar-refractivity contribution in [2.24, 2.45) is 0 Å². The molecule has 132 valence electrons. The number of halogens is 1. The number of pyridine rings is 1. The van der Waals surface area contributed by atoms with Crippen LogP contribution in [0.4, 0.5) is 4.39 Å². The first kappa shape index (κ1) is 16.3. The van der Waals surface area contributed by atoms with E-state index in [9.17, 15) is 4.39 Å². The van der Waals surface area contributed by atoms with Crippen molar-refractivity contribution in [1.82, 2.24) is 25.1 Å². The van der Waals surface area contributed by atoms with Gasteiger partial charge in [-0.2, -0.15) is 5.10 Å². The first-order valence-electron chi connectivity index (χ1n) is 8.87. The third kappa shape index (κ3) is 2.74. The molecular weight excluding hydrogens is 317 g/mol. The Kier molecular flexibility index (Phi) is 3.68. The van der Waals surface area contributed by atoms with E-state index in [0.717, 1.165) is 24.4 Å². The first-order valence-corrected chi connectivity index (χ1v) is 8.87. The molecule has 0 spiro atoms. The highest BCUT2D eigenvalue weighted by Crippen LogP contribution is 2.44. The Hall–Kier alpha value is -2.21. The second-order valence-corrected chi connectivity index (χ2v) is 7.74. The molecule has 0 radical (unpaired) electrons. The van der Waals surface area contributed by atoms with Gasteiger partial charge in [0, 0.05) is 18.2 Å². The molecule has 1 aliphatic carbocycles. The predicted octanol–water partition coefficient (Wildman–Crippen LogP) is 4.00. The van der Waals surface area contributed by atoms with Crippen molar-refractivity contribution in [2.45, 2.75) is 58.0 Å². The van der Waals surface area contributed by atoms with E-state index >= 15 is 0 Å². The average molecular weight is 341 g/mol. The van der Waals surface area contributed by atoms with Gasteiger partial charge < -0.3 is 5.32 Å². The maximum atomic E-state index is 14.9. The van der Waals surface area contributed by atoms with Gasteiger partial charge in [0.25, 0.3) is 0 Å². The van der Waals surface area contributed by atoms with Crippen molar-refractivity contribution in [3.8, 4) is 5.82 Å². The van der Waals surface area contributed by atoms with Gasteiger partial charge in [-0.1, -0.05) is 19.9 Å². The van der Waals surface area contributed by atoms with Crippen LogP contribution in [0.25, 0.3) is 16.9 Å². The molecule has 3 aromatic heterocycles. The Labute approximate surface area is 146 Å². The topological polar surface area (TPSA) is 58.5 Å². The number of aromatic amines is 1. The number of nitrogens with one attached hydrogen (secondary N) is 2. The second kappa shape index (κ2) is 5.66. The Bertz CT molecular complexity index is 917. The molecule has 5 nitrogen and oxygen atoms in total. The average Bonchev–Trinajstić information content (AvgIpc) is 3.19. The summed E-state index contributed by atoms with van der Waals surface area (Å²) in [6.45, 7) is 8.46. The van der Waals surface area contributed by atoms with E-state index in [4.69, 9.17) is 4.98 Å². The van der Waals surface area contributed by atoms with E-state index < -0.39 is 0 Å².